The van der Waals surface area contributed by atoms with Crippen LogP contribution >= 0.6 is 15.9 Å². The number of benzene rings is 1. The second-order valence-electron chi connectivity index (χ2n) is 4.75. The van der Waals surface area contributed by atoms with E-state index in [4.69, 9.17) is 4.42 Å². The van der Waals surface area contributed by atoms with Crippen LogP contribution in [0.25, 0.3) is 11.0 Å². The first-order chi connectivity index (χ1) is 9.23. The molecule has 0 bridgehead atoms. The molecule has 7 heteroatoms. The van der Waals surface area contributed by atoms with E-state index >= 15 is 0 Å². The number of furan rings is 1. The maximum Gasteiger partial charge on any atom is 0.401 e. The summed E-state index contributed by atoms with van der Waals surface area (Å²) in [6.45, 7) is -0.250. The van der Waals surface area contributed by atoms with E-state index in [2.05, 4.69) is 21.2 Å². The summed E-state index contributed by atoms with van der Waals surface area (Å²) in [5, 5.41) is 12.5. The highest BCUT2D eigenvalue weighted by Gasteiger charge is 2.35. The molecule has 1 heterocycles. The zero-order valence-electron chi connectivity index (χ0n) is 10.6. The Hall–Kier alpha value is -1.05. The number of hydrogen-bond donors (Lipinski definition) is 2. The van der Waals surface area contributed by atoms with Gasteiger partial charge in [-0.15, -0.1) is 0 Å². The minimum absolute atomic E-state index is 0.261. The van der Waals surface area contributed by atoms with Gasteiger partial charge in [0.2, 0.25) is 0 Å². The van der Waals surface area contributed by atoms with Crippen LogP contribution in [0.15, 0.2) is 33.2 Å². The monoisotopic (exact) mass is 351 g/mol. The third kappa shape index (κ3) is 3.34. The third-order valence-corrected chi connectivity index (χ3v) is 3.51. The summed E-state index contributed by atoms with van der Waals surface area (Å²) in [5.74, 6) is 0.261. The molecule has 0 saturated heterocycles. The SMILES string of the molecule is CC(CO)(NCC(F)(F)F)c1cc2cc(Br)ccc2o1. The number of alkyl halides is 3. The Bertz CT molecular complexity index is 611. The van der Waals surface area contributed by atoms with Gasteiger partial charge in [0.05, 0.1) is 18.7 Å². The number of halogens is 4. The van der Waals surface area contributed by atoms with Gasteiger partial charge in [-0.2, -0.15) is 13.2 Å². The summed E-state index contributed by atoms with van der Waals surface area (Å²) in [7, 11) is 0. The molecule has 2 N–H and O–H groups in total. The molecular formula is C13H13BrF3NO2. The summed E-state index contributed by atoms with van der Waals surface area (Å²) in [4.78, 5) is 0. The van der Waals surface area contributed by atoms with Gasteiger partial charge in [-0.1, -0.05) is 15.9 Å². The number of fused-ring (bicyclic) bond motifs is 1. The van der Waals surface area contributed by atoms with E-state index in [-0.39, 0.29) is 5.76 Å². The molecule has 0 aliphatic carbocycles. The number of rotatable bonds is 4. The average Bonchev–Trinajstić information content (AvgIpc) is 2.78. The lowest BCUT2D eigenvalue weighted by atomic mass is 10.00. The normalized spacial score (nSPS) is 15.5. The molecule has 3 nitrogen and oxygen atoms in total. The van der Waals surface area contributed by atoms with E-state index in [1.165, 1.54) is 6.92 Å². The van der Waals surface area contributed by atoms with Crippen LogP contribution in [0.2, 0.25) is 0 Å². The van der Waals surface area contributed by atoms with Gasteiger partial charge in [-0.3, -0.25) is 5.32 Å². The highest BCUT2D eigenvalue weighted by atomic mass is 79.9. The van der Waals surface area contributed by atoms with Gasteiger partial charge in [-0.05, 0) is 31.2 Å². The highest BCUT2D eigenvalue weighted by Crippen LogP contribution is 2.30. The molecule has 0 fully saturated rings. The van der Waals surface area contributed by atoms with Gasteiger partial charge >= 0.3 is 6.18 Å². The molecule has 0 saturated carbocycles. The van der Waals surface area contributed by atoms with Gasteiger partial charge in [0, 0.05) is 9.86 Å². The second-order valence-corrected chi connectivity index (χ2v) is 5.67. The van der Waals surface area contributed by atoms with Crippen molar-refractivity contribution in [3.8, 4) is 0 Å². The minimum Gasteiger partial charge on any atom is -0.459 e. The van der Waals surface area contributed by atoms with Gasteiger partial charge in [-0.25, -0.2) is 0 Å². The predicted octanol–water partition coefficient (Wildman–Crippen LogP) is 3.55. The van der Waals surface area contributed by atoms with Crippen molar-refractivity contribution in [1.29, 1.82) is 0 Å². The molecule has 0 amide bonds. The second kappa shape index (κ2) is 5.38. The fourth-order valence-corrected chi connectivity index (χ4v) is 2.18. The maximum absolute atomic E-state index is 12.3. The van der Waals surface area contributed by atoms with Crippen LogP contribution in [0.5, 0.6) is 0 Å². The molecule has 2 aromatic rings. The van der Waals surface area contributed by atoms with Crippen molar-refractivity contribution >= 4 is 26.9 Å². The zero-order valence-corrected chi connectivity index (χ0v) is 12.2. The van der Waals surface area contributed by atoms with Crippen molar-refractivity contribution in [2.45, 2.75) is 18.6 Å². The Morgan fingerprint density at radius 3 is 2.60 bits per heavy atom. The van der Waals surface area contributed by atoms with Gasteiger partial charge in [0.15, 0.2) is 0 Å². The van der Waals surface area contributed by atoms with Gasteiger partial charge < -0.3 is 9.52 Å². The molecular weight excluding hydrogens is 339 g/mol. The maximum atomic E-state index is 12.3. The molecule has 110 valence electrons. The molecule has 0 aliphatic heterocycles. The van der Waals surface area contributed by atoms with Gasteiger partial charge in [0.1, 0.15) is 11.3 Å². The summed E-state index contributed by atoms with van der Waals surface area (Å²) in [6.07, 6.45) is -4.36. The first kappa shape index (κ1) is 15.3. The fourth-order valence-electron chi connectivity index (χ4n) is 1.80. The Labute approximate surface area is 121 Å². The van der Waals surface area contributed by atoms with E-state index in [0.717, 1.165) is 9.86 Å². The number of aliphatic hydroxyl groups excluding tert-OH is 1. The van der Waals surface area contributed by atoms with Crippen LogP contribution in [0, 0.1) is 0 Å². The van der Waals surface area contributed by atoms with E-state index < -0.39 is 24.9 Å². The zero-order chi connectivity index (χ0) is 15.0. The quantitative estimate of drug-likeness (QED) is 0.885. The molecule has 0 radical (unpaired) electrons. The lowest BCUT2D eigenvalue weighted by Crippen LogP contribution is -2.46. The average molecular weight is 352 g/mol. The smallest absolute Gasteiger partial charge is 0.401 e. The van der Waals surface area contributed by atoms with Crippen molar-refractivity contribution in [2.24, 2.45) is 0 Å². The summed E-state index contributed by atoms with van der Waals surface area (Å²) >= 11 is 3.31. The van der Waals surface area contributed by atoms with Crippen molar-refractivity contribution in [2.75, 3.05) is 13.2 Å². The molecule has 1 aromatic heterocycles. The summed E-state index contributed by atoms with van der Waals surface area (Å²) in [5.41, 5.74) is -0.738. The highest BCUT2D eigenvalue weighted by molar-refractivity contribution is 9.10. The largest absolute Gasteiger partial charge is 0.459 e. The van der Waals surface area contributed by atoms with Crippen LogP contribution in [-0.2, 0) is 5.54 Å². The molecule has 1 unspecified atom stereocenters. The van der Waals surface area contributed by atoms with E-state index in [0.29, 0.717) is 5.58 Å². The molecule has 20 heavy (non-hydrogen) atoms. The Kier molecular flexibility index (Phi) is 4.13. The van der Waals surface area contributed by atoms with Crippen LogP contribution in [0.1, 0.15) is 12.7 Å². The lowest BCUT2D eigenvalue weighted by molar-refractivity contribution is -0.130. The first-order valence-corrected chi connectivity index (χ1v) is 6.65. The van der Waals surface area contributed by atoms with E-state index in [1.54, 1.807) is 24.3 Å². The standard InChI is InChI=1S/C13H13BrF3NO2/c1-12(7-19,18-6-13(15,16)17)11-5-8-4-9(14)2-3-10(8)20-11/h2-5,18-19H,6-7H2,1H3. The lowest BCUT2D eigenvalue weighted by Gasteiger charge is -2.27. The van der Waals surface area contributed by atoms with Crippen molar-refractivity contribution < 1.29 is 22.7 Å². The molecule has 0 spiro atoms. The van der Waals surface area contributed by atoms with Crippen LogP contribution in [-0.4, -0.2) is 24.4 Å². The topological polar surface area (TPSA) is 45.4 Å². The number of hydrogen-bond acceptors (Lipinski definition) is 3. The minimum atomic E-state index is -4.36. The molecule has 0 aliphatic rings. The number of aliphatic hydroxyl groups is 1. The Balaban J connectivity index is 2.32. The number of nitrogens with one attached hydrogen (secondary N) is 1. The third-order valence-electron chi connectivity index (χ3n) is 3.02. The van der Waals surface area contributed by atoms with Gasteiger partial charge in [0.25, 0.3) is 0 Å². The molecule has 1 atom stereocenters. The summed E-state index contributed by atoms with van der Waals surface area (Å²) < 4.78 is 43.3. The van der Waals surface area contributed by atoms with Crippen molar-refractivity contribution in [1.82, 2.24) is 5.32 Å². The molecule has 2 rings (SSSR count). The Morgan fingerprint density at radius 1 is 1.30 bits per heavy atom. The fraction of sp³-hybridized carbons (Fsp3) is 0.385. The van der Waals surface area contributed by atoms with Crippen LogP contribution in [0.3, 0.4) is 0 Å². The molecule has 1 aromatic carbocycles. The van der Waals surface area contributed by atoms with Crippen molar-refractivity contribution in [3.05, 3.63) is 34.5 Å². The first-order valence-electron chi connectivity index (χ1n) is 5.86. The van der Waals surface area contributed by atoms with Crippen LogP contribution < -0.4 is 5.32 Å². The van der Waals surface area contributed by atoms with E-state index in [1.807, 2.05) is 0 Å². The summed E-state index contributed by atoms with van der Waals surface area (Å²) in [6, 6.07) is 6.91. The van der Waals surface area contributed by atoms with Crippen molar-refractivity contribution in [3.63, 3.8) is 0 Å². The van der Waals surface area contributed by atoms with E-state index in [9.17, 15) is 18.3 Å². The van der Waals surface area contributed by atoms with Crippen LogP contribution in [0.4, 0.5) is 13.2 Å². The Morgan fingerprint density at radius 2 is 2.00 bits per heavy atom. The predicted molar refractivity (Wildman–Crippen MR) is 72.4 cm³/mol.